The number of fused-ring (bicyclic) bond motifs is 1. The Morgan fingerprint density at radius 2 is 1.90 bits per heavy atom. The largest absolute Gasteiger partial charge is 0.361 e. The number of rotatable bonds is 5. The SMILES string of the molecule is CNCCC(c1ccccc1)c1c[nH]c2cccc(Cl)c12. The lowest BCUT2D eigenvalue weighted by Crippen LogP contribution is -2.13. The summed E-state index contributed by atoms with van der Waals surface area (Å²) >= 11 is 6.43. The van der Waals surface area contributed by atoms with Gasteiger partial charge in [-0.25, -0.2) is 0 Å². The summed E-state index contributed by atoms with van der Waals surface area (Å²) in [7, 11) is 1.99. The molecule has 3 aromatic rings. The van der Waals surface area contributed by atoms with Gasteiger partial charge in [0.2, 0.25) is 0 Å². The molecule has 2 N–H and O–H groups in total. The first-order valence-corrected chi connectivity index (χ1v) is 7.64. The highest BCUT2D eigenvalue weighted by Crippen LogP contribution is 2.36. The van der Waals surface area contributed by atoms with Gasteiger partial charge >= 0.3 is 0 Å². The summed E-state index contributed by atoms with van der Waals surface area (Å²) in [5, 5.41) is 5.21. The van der Waals surface area contributed by atoms with E-state index in [2.05, 4.69) is 52.9 Å². The summed E-state index contributed by atoms with van der Waals surface area (Å²) in [4.78, 5) is 3.35. The molecule has 0 aliphatic carbocycles. The van der Waals surface area contributed by atoms with Gasteiger partial charge in [-0.15, -0.1) is 0 Å². The van der Waals surface area contributed by atoms with Crippen molar-refractivity contribution in [1.82, 2.24) is 10.3 Å². The van der Waals surface area contributed by atoms with Crippen LogP contribution in [-0.4, -0.2) is 18.6 Å². The van der Waals surface area contributed by atoms with Crippen LogP contribution in [0, 0.1) is 0 Å². The van der Waals surface area contributed by atoms with Crippen molar-refractivity contribution in [2.75, 3.05) is 13.6 Å². The fraction of sp³-hybridized carbons (Fsp3) is 0.222. The summed E-state index contributed by atoms with van der Waals surface area (Å²) in [6.07, 6.45) is 3.14. The Hall–Kier alpha value is -1.77. The fourth-order valence-electron chi connectivity index (χ4n) is 2.92. The zero-order valence-corrected chi connectivity index (χ0v) is 12.8. The average molecular weight is 299 g/mol. The minimum absolute atomic E-state index is 0.340. The Morgan fingerprint density at radius 1 is 1.10 bits per heavy atom. The van der Waals surface area contributed by atoms with E-state index in [-0.39, 0.29) is 0 Å². The van der Waals surface area contributed by atoms with E-state index in [4.69, 9.17) is 11.6 Å². The van der Waals surface area contributed by atoms with E-state index in [1.54, 1.807) is 0 Å². The van der Waals surface area contributed by atoms with Gasteiger partial charge in [0.25, 0.3) is 0 Å². The molecule has 1 atom stereocenters. The van der Waals surface area contributed by atoms with Crippen LogP contribution in [0.15, 0.2) is 54.7 Å². The van der Waals surface area contributed by atoms with Crippen LogP contribution in [0.4, 0.5) is 0 Å². The van der Waals surface area contributed by atoms with Gasteiger partial charge in [0.05, 0.1) is 5.02 Å². The van der Waals surface area contributed by atoms with Crippen LogP contribution in [0.3, 0.4) is 0 Å². The van der Waals surface area contributed by atoms with Crippen LogP contribution in [0.25, 0.3) is 10.9 Å². The predicted molar refractivity (Wildman–Crippen MR) is 90.1 cm³/mol. The zero-order valence-electron chi connectivity index (χ0n) is 12.1. The van der Waals surface area contributed by atoms with Crippen molar-refractivity contribution in [3.63, 3.8) is 0 Å². The molecule has 0 aliphatic rings. The lowest BCUT2D eigenvalue weighted by Gasteiger charge is -2.17. The second-order valence-electron chi connectivity index (χ2n) is 5.26. The smallest absolute Gasteiger partial charge is 0.0502 e. The van der Waals surface area contributed by atoms with E-state index in [1.165, 1.54) is 11.1 Å². The van der Waals surface area contributed by atoms with Gasteiger partial charge in [-0.1, -0.05) is 48.0 Å². The monoisotopic (exact) mass is 298 g/mol. The van der Waals surface area contributed by atoms with Gasteiger partial charge in [0.1, 0.15) is 0 Å². The topological polar surface area (TPSA) is 27.8 Å². The molecule has 0 spiro atoms. The molecule has 108 valence electrons. The predicted octanol–water partition coefficient (Wildman–Crippen LogP) is 4.56. The second-order valence-corrected chi connectivity index (χ2v) is 5.67. The highest BCUT2D eigenvalue weighted by Gasteiger charge is 2.18. The van der Waals surface area contributed by atoms with E-state index in [9.17, 15) is 0 Å². The summed E-state index contributed by atoms with van der Waals surface area (Å²) in [5.41, 5.74) is 3.70. The molecule has 21 heavy (non-hydrogen) atoms. The Kier molecular flexibility index (Phi) is 4.28. The van der Waals surface area contributed by atoms with Crippen molar-refractivity contribution in [2.45, 2.75) is 12.3 Å². The third kappa shape index (κ3) is 2.82. The molecule has 0 fully saturated rings. The number of aromatic amines is 1. The molecule has 0 bridgehead atoms. The number of hydrogen-bond donors (Lipinski definition) is 2. The molecule has 3 heteroatoms. The molecule has 3 rings (SSSR count). The first kappa shape index (κ1) is 14.2. The van der Waals surface area contributed by atoms with Crippen LogP contribution in [0.2, 0.25) is 5.02 Å². The molecule has 1 aromatic heterocycles. The first-order chi connectivity index (χ1) is 10.3. The zero-order chi connectivity index (χ0) is 14.7. The minimum Gasteiger partial charge on any atom is -0.361 e. The maximum absolute atomic E-state index is 6.43. The van der Waals surface area contributed by atoms with Crippen LogP contribution in [-0.2, 0) is 0 Å². The minimum atomic E-state index is 0.340. The molecule has 2 nitrogen and oxygen atoms in total. The maximum Gasteiger partial charge on any atom is 0.0502 e. The number of nitrogens with one attached hydrogen (secondary N) is 2. The van der Waals surface area contributed by atoms with Gasteiger partial charge in [-0.2, -0.15) is 0 Å². The van der Waals surface area contributed by atoms with Crippen LogP contribution < -0.4 is 5.32 Å². The second kappa shape index (κ2) is 6.33. The standard InChI is InChI=1S/C18H19ClN2/c1-20-11-10-14(13-6-3-2-4-7-13)15-12-21-17-9-5-8-16(19)18(15)17/h2-9,12,14,20-21H,10-11H2,1H3. The van der Waals surface area contributed by atoms with Crippen molar-refractivity contribution < 1.29 is 0 Å². The molecular weight excluding hydrogens is 280 g/mol. The van der Waals surface area contributed by atoms with Gasteiger partial charge in [-0.3, -0.25) is 0 Å². The van der Waals surface area contributed by atoms with Gasteiger partial charge < -0.3 is 10.3 Å². The van der Waals surface area contributed by atoms with Crippen molar-refractivity contribution in [3.8, 4) is 0 Å². The number of H-pyrrole nitrogens is 1. The maximum atomic E-state index is 6.43. The fourth-order valence-corrected chi connectivity index (χ4v) is 3.20. The molecular formula is C18H19ClN2. The van der Waals surface area contributed by atoms with E-state index in [0.717, 1.165) is 28.9 Å². The Labute approximate surface area is 130 Å². The molecule has 0 saturated heterocycles. The highest BCUT2D eigenvalue weighted by molar-refractivity contribution is 6.35. The Balaban J connectivity index is 2.10. The number of hydrogen-bond acceptors (Lipinski definition) is 1. The van der Waals surface area contributed by atoms with Crippen molar-refractivity contribution in [2.24, 2.45) is 0 Å². The average Bonchev–Trinajstić information content (AvgIpc) is 2.94. The Bertz CT molecular complexity index is 718. The Morgan fingerprint density at radius 3 is 2.67 bits per heavy atom. The third-order valence-corrected chi connectivity index (χ3v) is 4.26. The lowest BCUT2D eigenvalue weighted by molar-refractivity contribution is 0.664. The van der Waals surface area contributed by atoms with E-state index in [1.807, 2.05) is 19.2 Å². The number of benzene rings is 2. The molecule has 1 heterocycles. The molecule has 0 amide bonds. The highest BCUT2D eigenvalue weighted by atomic mass is 35.5. The van der Waals surface area contributed by atoms with E-state index in [0.29, 0.717) is 5.92 Å². The van der Waals surface area contributed by atoms with Crippen LogP contribution in [0.1, 0.15) is 23.5 Å². The van der Waals surface area contributed by atoms with Crippen LogP contribution in [0.5, 0.6) is 0 Å². The normalized spacial score (nSPS) is 12.7. The summed E-state index contributed by atoms with van der Waals surface area (Å²) < 4.78 is 0. The molecule has 0 saturated carbocycles. The molecule has 0 aliphatic heterocycles. The lowest BCUT2D eigenvalue weighted by atomic mass is 9.88. The van der Waals surface area contributed by atoms with Gasteiger partial charge in [0, 0.05) is 23.0 Å². The molecule has 1 unspecified atom stereocenters. The third-order valence-electron chi connectivity index (χ3n) is 3.95. The van der Waals surface area contributed by atoms with Crippen molar-refractivity contribution >= 4 is 22.5 Å². The van der Waals surface area contributed by atoms with Gasteiger partial charge in [-0.05, 0) is 43.3 Å². The number of halogens is 1. The summed E-state index contributed by atoms with van der Waals surface area (Å²) in [6.45, 7) is 0.969. The van der Waals surface area contributed by atoms with Crippen molar-refractivity contribution in [1.29, 1.82) is 0 Å². The summed E-state index contributed by atoms with van der Waals surface area (Å²) in [5.74, 6) is 0.340. The van der Waals surface area contributed by atoms with Crippen molar-refractivity contribution in [3.05, 3.63) is 70.9 Å². The summed E-state index contributed by atoms with van der Waals surface area (Å²) in [6, 6.07) is 16.6. The first-order valence-electron chi connectivity index (χ1n) is 7.26. The quantitative estimate of drug-likeness (QED) is 0.710. The molecule has 2 aromatic carbocycles. The molecule has 0 radical (unpaired) electrons. The van der Waals surface area contributed by atoms with Gasteiger partial charge in [0.15, 0.2) is 0 Å². The van der Waals surface area contributed by atoms with E-state index >= 15 is 0 Å². The van der Waals surface area contributed by atoms with Crippen LogP contribution >= 0.6 is 11.6 Å². The number of aromatic nitrogens is 1. The van der Waals surface area contributed by atoms with E-state index < -0.39 is 0 Å².